The predicted octanol–water partition coefficient (Wildman–Crippen LogP) is 3.63. The third-order valence-electron chi connectivity index (χ3n) is 4.53. The third-order valence-corrected chi connectivity index (χ3v) is 4.53. The average Bonchev–Trinajstić information content (AvgIpc) is 2.53. The molecule has 1 unspecified atom stereocenters. The predicted molar refractivity (Wildman–Crippen MR) is 87.7 cm³/mol. The Kier molecular flexibility index (Phi) is 6.66. The van der Waals surface area contributed by atoms with Gasteiger partial charge in [-0.05, 0) is 50.4 Å². The Morgan fingerprint density at radius 1 is 1.25 bits per heavy atom. The molecule has 1 fully saturated rings. The molecule has 0 aromatic heterocycles. The highest BCUT2D eigenvalue weighted by atomic mass is 19.4. The van der Waals surface area contributed by atoms with Crippen molar-refractivity contribution in [1.29, 1.82) is 0 Å². The number of carbonyl (C=O) groups excluding carboxylic acids is 1. The van der Waals surface area contributed by atoms with E-state index in [1.54, 1.807) is 0 Å². The molecular weight excluding hydrogens is 317 g/mol. The number of alkyl halides is 3. The van der Waals surface area contributed by atoms with E-state index in [2.05, 4.69) is 17.1 Å². The number of nitrogens with zero attached hydrogens (tertiary/aromatic N) is 1. The van der Waals surface area contributed by atoms with Crippen molar-refractivity contribution in [3.8, 4) is 0 Å². The van der Waals surface area contributed by atoms with E-state index in [4.69, 9.17) is 0 Å². The average molecular weight is 342 g/mol. The van der Waals surface area contributed by atoms with Crippen molar-refractivity contribution in [2.45, 2.75) is 51.2 Å². The van der Waals surface area contributed by atoms with Gasteiger partial charge >= 0.3 is 6.18 Å². The van der Waals surface area contributed by atoms with Crippen molar-refractivity contribution in [2.75, 3.05) is 19.6 Å². The van der Waals surface area contributed by atoms with Gasteiger partial charge in [-0.25, -0.2) is 0 Å². The molecule has 1 heterocycles. The smallest absolute Gasteiger partial charge is 0.356 e. The van der Waals surface area contributed by atoms with E-state index in [-0.39, 0.29) is 12.3 Å². The van der Waals surface area contributed by atoms with Gasteiger partial charge in [0.1, 0.15) is 0 Å². The van der Waals surface area contributed by atoms with Crippen LogP contribution in [-0.4, -0.2) is 36.5 Å². The fourth-order valence-corrected chi connectivity index (χ4v) is 3.06. The van der Waals surface area contributed by atoms with Gasteiger partial charge in [-0.2, -0.15) is 13.2 Å². The third kappa shape index (κ3) is 5.82. The Morgan fingerprint density at radius 3 is 2.58 bits per heavy atom. The minimum Gasteiger partial charge on any atom is -0.356 e. The summed E-state index contributed by atoms with van der Waals surface area (Å²) in [6.45, 7) is 4.94. The summed E-state index contributed by atoms with van der Waals surface area (Å²) in [5.74, 6) is -0.151. The van der Waals surface area contributed by atoms with Crippen LogP contribution in [0.15, 0.2) is 24.3 Å². The maximum absolute atomic E-state index is 12.5. The van der Waals surface area contributed by atoms with Gasteiger partial charge in [0.05, 0.1) is 12.0 Å². The van der Waals surface area contributed by atoms with Crippen LogP contribution in [0.25, 0.3) is 0 Å². The van der Waals surface area contributed by atoms with Gasteiger partial charge in [-0.1, -0.05) is 18.6 Å². The molecule has 1 aliphatic heterocycles. The summed E-state index contributed by atoms with van der Waals surface area (Å²) in [7, 11) is 0. The Labute approximate surface area is 141 Å². The number of benzene rings is 1. The fourth-order valence-electron chi connectivity index (χ4n) is 3.06. The molecule has 0 bridgehead atoms. The van der Waals surface area contributed by atoms with E-state index < -0.39 is 11.7 Å². The second kappa shape index (κ2) is 8.51. The quantitative estimate of drug-likeness (QED) is 0.801. The summed E-state index contributed by atoms with van der Waals surface area (Å²) in [5.41, 5.74) is -0.104. The van der Waals surface area contributed by atoms with Crippen LogP contribution in [0.1, 0.15) is 43.7 Å². The molecule has 0 radical (unpaired) electrons. The van der Waals surface area contributed by atoms with Crippen molar-refractivity contribution < 1.29 is 18.0 Å². The molecule has 0 saturated carbocycles. The monoisotopic (exact) mass is 342 g/mol. The molecule has 6 heteroatoms. The van der Waals surface area contributed by atoms with Gasteiger partial charge in [0.25, 0.3) is 0 Å². The van der Waals surface area contributed by atoms with Gasteiger partial charge in [-0.3, -0.25) is 4.79 Å². The van der Waals surface area contributed by atoms with E-state index in [9.17, 15) is 18.0 Å². The van der Waals surface area contributed by atoms with Crippen LogP contribution < -0.4 is 5.32 Å². The first-order valence-electron chi connectivity index (χ1n) is 8.53. The zero-order chi connectivity index (χ0) is 17.6. The molecule has 1 amide bonds. The van der Waals surface area contributed by atoms with Gasteiger partial charge in [0.2, 0.25) is 5.91 Å². The minimum atomic E-state index is -4.34. The molecule has 3 nitrogen and oxygen atoms in total. The number of nitrogens with one attached hydrogen (secondary N) is 1. The van der Waals surface area contributed by atoms with Crippen molar-refractivity contribution in [1.82, 2.24) is 10.2 Å². The number of hydrogen-bond donors (Lipinski definition) is 1. The Hall–Kier alpha value is -1.56. The summed E-state index contributed by atoms with van der Waals surface area (Å²) >= 11 is 0. The number of piperidine rings is 1. The summed E-state index contributed by atoms with van der Waals surface area (Å²) in [4.78, 5) is 14.3. The molecule has 1 aromatic rings. The highest BCUT2D eigenvalue weighted by Crippen LogP contribution is 2.29. The largest absolute Gasteiger partial charge is 0.416 e. The minimum absolute atomic E-state index is 0.109. The van der Waals surface area contributed by atoms with Gasteiger partial charge in [-0.15, -0.1) is 0 Å². The lowest BCUT2D eigenvalue weighted by molar-refractivity contribution is -0.137. The lowest BCUT2D eigenvalue weighted by Gasteiger charge is -2.33. The number of likely N-dealkylation sites (tertiary alicyclic amines) is 1. The van der Waals surface area contributed by atoms with Gasteiger partial charge in [0, 0.05) is 19.1 Å². The molecule has 1 atom stereocenters. The molecule has 1 N–H and O–H groups in total. The molecule has 1 aromatic carbocycles. The van der Waals surface area contributed by atoms with Crippen molar-refractivity contribution in [2.24, 2.45) is 0 Å². The van der Waals surface area contributed by atoms with E-state index in [0.717, 1.165) is 31.6 Å². The number of rotatable bonds is 6. The first kappa shape index (κ1) is 18.8. The summed E-state index contributed by atoms with van der Waals surface area (Å²) in [5, 5.41) is 2.84. The number of hydrogen-bond acceptors (Lipinski definition) is 2. The maximum atomic E-state index is 12.5. The molecule has 2 rings (SSSR count). The molecule has 1 saturated heterocycles. The van der Waals surface area contributed by atoms with Crippen LogP contribution in [0, 0.1) is 0 Å². The van der Waals surface area contributed by atoms with Crippen LogP contribution in [-0.2, 0) is 17.4 Å². The van der Waals surface area contributed by atoms with Crippen molar-refractivity contribution in [3.05, 3.63) is 35.4 Å². The Bertz CT molecular complexity index is 528. The lowest BCUT2D eigenvalue weighted by Crippen LogP contribution is -2.39. The Morgan fingerprint density at radius 2 is 1.96 bits per heavy atom. The van der Waals surface area contributed by atoms with Crippen LogP contribution in [0.2, 0.25) is 0 Å². The van der Waals surface area contributed by atoms with E-state index in [0.29, 0.717) is 18.2 Å². The zero-order valence-electron chi connectivity index (χ0n) is 14.0. The molecule has 1 aliphatic rings. The SMILES string of the molecule is CC1CCCCN1CCCNC(=O)Cc1ccc(C(F)(F)F)cc1. The number of carbonyl (C=O) groups is 1. The van der Waals surface area contributed by atoms with E-state index >= 15 is 0 Å². The topological polar surface area (TPSA) is 32.3 Å². The second-order valence-corrected chi connectivity index (χ2v) is 6.46. The first-order valence-corrected chi connectivity index (χ1v) is 8.53. The zero-order valence-corrected chi connectivity index (χ0v) is 14.0. The second-order valence-electron chi connectivity index (χ2n) is 6.46. The molecule has 0 spiro atoms. The summed E-state index contributed by atoms with van der Waals surface area (Å²) in [6, 6.07) is 5.36. The highest BCUT2D eigenvalue weighted by Gasteiger charge is 2.29. The molecule has 0 aliphatic carbocycles. The summed E-state index contributed by atoms with van der Waals surface area (Å²) in [6.07, 6.45) is 0.431. The lowest BCUT2D eigenvalue weighted by atomic mass is 10.0. The maximum Gasteiger partial charge on any atom is 0.416 e. The van der Waals surface area contributed by atoms with Crippen LogP contribution in [0.3, 0.4) is 0 Å². The van der Waals surface area contributed by atoms with Crippen molar-refractivity contribution in [3.63, 3.8) is 0 Å². The molecular formula is C18H25F3N2O. The van der Waals surface area contributed by atoms with Crippen LogP contribution in [0.5, 0.6) is 0 Å². The Balaban J connectivity index is 1.68. The van der Waals surface area contributed by atoms with Crippen molar-refractivity contribution >= 4 is 5.91 Å². The van der Waals surface area contributed by atoms with Gasteiger partial charge in [0.15, 0.2) is 0 Å². The number of halogens is 3. The standard InChI is InChI=1S/C18H25F3N2O/c1-14-5-2-3-11-23(14)12-4-10-22-17(24)13-15-6-8-16(9-7-15)18(19,20)21/h6-9,14H,2-5,10-13H2,1H3,(H,22,24). The molecule has 24 heavy (non-hydrogen) atoms. The number of amides is 1. The highest BCUT2D eigenvalue weighted by molar-refractivity contribution is 5.78. The normalized spacial score (nSPS) is 19.2. The van der Waals surface area contributed by atoms with E-state index in [1.165, 1.54) is 31.4 Å². The van der Waals surface area contributed by atoms with Crippen LogP contribution >= 0.6 is 0 Å². The summed E-state index contributed by atoms with van der Waals surface area (Å²) < 4.78 is 37.5. The van der Waals surface area contributed by atoms with Crippen LogP contribution in [0.4, 0.5) is 13.2 Å². The first-order chi connectivity index (χ1) is 11.4. The van der Waals surface area contributed by atoms with Gasteiger partial charge < -0.3 is 10.2 Å². The molecule has 134 valence electrons. The van der Waals surface area contributed by atoms with E-state index in [1.807, 2.05) is 0 Å². The fraction of sp³-hybridized carbons (Fsp3) is 0.611.